The van der Waals surface area contributed by atoms with Crippen LogP contribution < -0.4 is 20.3 Å². The van der Waals surface area contributed by atoms with Crippen molar-refractivity contribution in [2.75, 3.05) is 53.9 Å². The molecule has 0 radical (unpaired) electrons. The van der Waals surface area contributed by atoms with Crippen LogP contribution in [0.1, 0.15) is 55.3 Å². The first kappa shape index (κ1) is 46.0. The van der Waals surface area contributed by atoms with Crippen LogP contribution in [0.5, 0.6) is 5.75 Å². The smallest absolute Gasteiger partial charge is 0.430 e. The number of fused-ring (bicyclic) bond motifs is 1. The Morgan fingerprint density at radius 3 is 2.19 bits per heavy atom. The fraction of sp³-hybridized carbons (Fsp3) is 0.526. The summed E-state index contributed by atoms with van der Waals surface area (Å²) in [6.07, 6.45) is -1.64. The van der Waals surface area contributed by atoms with Crippen molar-refractivity contribution in [3.63, 3.8) is 0 Å². The zero-order chi connectivity index (χ0) is 42.5. The minimum atomic E-state index is -5.19. The van der Waals surface area contributed by atoms with Crippen LogP contribution in [0, 0.1) is 13.8 Å². The molecule has 3 N–H and O–H groups in total. The molecular weight excluding hydrogens is 812 g/mol. The highest BCUT2D eigenvalue weighted by atomic mass is 35.5. The van der Waals surface area contributed by atoms with Gasteiger partial charge in [-0.15, -0.1) is 0 Å². The van der Waals surface area contributed by atoms with Gasteiger partial charge in [-0.05, 0) is 69.5 Å². The van der Waals surface area contributed by atoms with Gasteiger partial charge in [0.2, 0.25) is 15.9 Å². The lowest BCUT2D eigenvalue weighted by molar-refractivity contribution is -0.887. The molecule has 1 atom stereocenters. The molecule has 3 aromatic rings. The minimum absolute atomic E-state index is 0.0495. The van der Waals surface area contributed by atoms with E-state index in [0.29, 0.717) is 86.1 Å². The number of aliphatic carboxylic acids is 1. The molecule has 57 heavy (non-hydrogen) atoms. The summed E-state index contributed by atoms with van der Waals surface area (Å²) in [5.41, 5.74) is 7.33. The summed E-state index contributed by atoms with van der Waals surface area (Å²) in [4.78, 5) is 44.4. The first-order chi connectivity index (χ1) is 26.5. The third-order valence-corrected chi connectivity index (χ3v) is 12.6. The molecule has 13 nitrogen and oxygen atoms in total. The van der Waals surface area contributed by atoms with Gasteiger partial charge in [0.15, 0.2) is 6.04 Å². The number of benzene rings is 2. The highest BCUT2D eigenvalue weighted by molar-refractivity contribution is 7.89. The Hall–Kier alpha value is -3.74. The molecule has 0 bridgehead atoms. The van der Waals surface area contributed by atoms with E-state index in [2.05, 4.69) is 9.71 Å². The predicted octanol–water partition coefficient (Wildman–Crippen LogP) is 4.11. The molecule has 314 valence electrons. The third-order valence-electron chi connectivity index (χ3n) is 10.2. The van der Waals surface area contributed by atoms with E-state index in [4.69, 9.17) is 43.6 Å². The van der Waals surface area contributed by atoms with Crippen LogP contribution in [-0.4, -0.2) is 117 Å². The Morgan fingerprint density at radius 2 is 1.63 bits per heavy atom. The number of halogens is 5. The number of nitrogens with two attached hydrogens (primary N) is 1. The SMILES string of the molecule is Cc1cc(C)c2cccc(OCc3c(Cl)ccc(S(=O)(=O)NC4(C(=O)N5CCN(C(=O)[C@H](CCCN)[N+](C)(C)C)CC5)CCCC4)c3Cl)c2n1.O=C([O-])C(F)(F)F. The van der Waals surface area contributed by atoms with E-state index in [-0.39, 0.29) is 39.4 Å². The number of carboxylic acids is 1. The maximum atomic E-state index is 14.2. The second-order valence-electron chi connectivity index (χ2n) is 15.2. The monoisotopic (exact) mass is 860 g/mol. The number of carbonyl (C=O) groups excluding carboxylic acids is 3. The number of hydrogen-bond donors (Lipinski definition) is 2. The lowest BCUT2D eigenvalue weighted by atomic mass is 9.96. The van der Waals surface area contributed by atoms with Crippen molar-refractivity contribution < 1.29 is 50.3 Å². The maximum Gasteiger partial charge on any atom is 0.430 e. The molecule has 1 aliphatic heterocycles. The van der Waals surface area contributed by atoms with Gasteiger partial charge < -0.3 is 34.7 Å². The lowest BCUT2D eigenvalue weighted by Crippen LogP contribution is -2.63. The molecule has 2 aromatic carbocycles. The number of sulfonamides is 1. The molecule has 2 heterocycles. The van der Waals surface area contributed by atoms with Crippen LogP contribution in [0.3, 0.4) is 0 Å². The summed E-state index contributed by atoms with van der Waals surface area (Å²) in [7, 11) is 1.73. The number of nitrogens with one attached hydrogen (secondary N) is 1. The maximum absolute atomic E-state index is 14.2. The number of likely N-dealkylation sites (N-methyl/N-ethyl adjacent to an activating group) is 1. The standard InChI is InChI=1S/C36H49Cl2N6O5S.C2HF3O2/c1-24-22-25(2)40-33-26(24)10-8-12-30(33)49-23-27-28(37)13-14-31(32(27)38)50(47,48)41-36(15-6-7-16-36)35(46)43-20-18-42(19-21-43)34(45)29(11-9-17-39)44(3,4)5;3-2(4,5)1(6)7/h8,10,12-14,22,29,41H,6-7,9,11,15-21,23,39H2,1-5H3;(H,6,7)/q+1;/p-1/t29-;/m0./s1. The molecule has 0 unspecified atom stereocenters. The van der Waals surface area contributed by atoms with Crippen molar-refractivity contribution in [1.82, 2.24) is 19.5 Å². The Balaban J connectivity index is 0.000000940. The van der Waals surface area contributed by atoms with Crippen molar-refractivity contribution in [3.05, 3.63) is 63.3 Å². The topological polar surface area (TPSA) is 175 Å². The normalized spacial score (nSPS) is 16.5. The van der Waals surface area contributed by atoms with Gasteiger partial charge in [0.1, 0.15) is 34.3 Å². The quantitative estimate of drug-likeness (QED) is 0.254. The Labute approximate surface area is 340 Å². The number of aromatic nitrogens is 1. The largest absolute Gasteiger partial charge is 0.542 e. The number of carbonyl (C=O) groups is 3. The van der Waals surface area contributed by atoms with Crippen LogP contribution in [0.4, 0.5) is 13.2 Å². The van der Waals surface area contributed by atoms with E-state index in [1.165, 1.54) is 12.1 Å². The molecule has 19 heteroatoms. The number of piperazine rings is 1. The number of hydrogen-bond acceptors (Lipinski definition) is 9. The van der Waals surface area contributed by atoms with Gasteiger partial charge in [-0.3, -0.25) is 9.59 Å². The molecule has 2 aliphatic rings. The molecule has 1 saturated heterocycles. The van der Waals surface area contributed by atoms with Gasteiger partial charge in [0, 0.05) is 54.3 Å². The summed E-state index contributed by atoms with van der Waals surface area (Å²) in [6.45, 7) is 5.74. The second-order valence-corrected chi connectivity index (χ2v) is 17.7. The van der Waals surface area contributed by atoms with Crippen molar-refractivity contribution in [1.29, 1.82) is 0 Å². The number of aryl methyl sites for hydroxylation is 2. The molecular formula is C38H49Cl2F3N6O7S. The number of nitrogens with zero attached hydrogens (tertiary/aromatic N) is 4. The molecule has 2 amide bonds. The Kier molecular flexibility index (Phi) is 14.9. The molecule has 2 fully saturated rings. The summed E-state index contributed by atoms with van der Waals surface area (Å²) in [5.74, 6) is -2.71. The highest BCUT2D eigenvalue weighted by Gasteiger charge is 2.48. The Morgan fingerprint density at radius 1 is 1.04 bits per heavy atom. The lowest BCUT2D eigenvalue weighted by Gasteiger charge is -2.42. The first-order valence-electron chi connectivity index (χ1n) is 18.4. The minimum Gasteiger partial charge on any atom is -0.542 e. The van der Waals surface area contributed by atoms with Crippen LogP contribution in [0.25, 0.3) is 10.9 Å². The molecule has 1 aliphatic carbocycles. The zero-order valence-corrected chi connectivity index (χ0v) is 34.9. The third kappa shape index (κ3) is 11.1. The second kappa shape index (κ2) is 18.5. The van der Waals surface area contributed by atoms with Crippen LogP contribution >= 0.6 is 23.2 Å². The molecule has 5 rings (SSSR count). The van der Waals surface area contributed by atoms with Crippen LogP contribution in [0.2, 0.25) is 10.0 Å². The Bertz CT molecular complexity index is 2070. The fourth-order valence-corrected chi connectivity index (χ4v) is 9.49. The van der Waals surface area contributed by atoms with E-state index in [9.17, 15) is 31.2 Å². The van der Waals surface area contributed by atoms with Gasteiger partial charge in [-0.25, -0.2) is 13.4 Å². The number of alkyl halides is 3. The number of quaternary nitrogens is 1. The number of pyridine rings is 1. The fourth-order valence-electron chi connectivity index (χ4n) is 7.18. The summed E-state index contributed by atoms with van der Waals surface area (Å²) in [5, 5.41) is 9.91. The average molecular weight is 862 g/mol. The van der Waals surface area contributed by atoms with Gasteiger partial charge in [-0.1, -0.05) is 48.2 Å². The van der Waals surface area contributed by atoms with E-state index in [1.807, 2.05) is 58.1 Å². The van der Waals surface area contributed by atoms with Crippen molar-refractivity contribution >= 4 is 61.9 Å². The first-order valence-corrected chi connectivity index (χ1v) is 20.6. The van der Waals surface area contributed by atoms with Gasteiger partial charge >= 0.3 is 6.18 Å². The predicted molar refractivity (Wildman–Crippen MR) is 208 cm³/mol. The summed E-state index contributed by atoms with van der Waals surface area (Å²) < 4.78 is 69.1. The molecule has 0 spiro atoms. The number of ether oxygens (including phenoxy) is 1. The van der Waals surface area contributed by atoms with Crippen LogP contribution in [0.15, 0.2) is 41.3 Å². The number of para-hydroxylation sites is 1. The number of rotatable bonds is 12. The van der Waals surface area contributed by atoms with Gasteiger partial charge in [0.25, 0.3) is 5.91 Å². The summed E-state index contributed by atoms with van der Waals surface area (Å²) in [6, 6.07) is 10.2. The molecule has 1 aromatic heterocycles. The number of carboxylic acid groups (broad SMARTS) is 1. The van der Waals surface area contributed by atoms with Gasteiger partial charge in [-0.2, -0.15) is 17.9 Å². The summed E-state index contributed by atoms with van der Waals surface area (Å²) >= 11 is 13.3. The molecule has 1 saturated carbocycles. The average Bonchev–Trinajstić information content (AvgIpc) is 3.59. The highest BCUT2D eigenvalue weighted by Crippen LogP contribution is 2.37. The zero-order valence-electron chi connectivity index (χ0n) is 32.5. The number of amides is 2. The van der Waals surface area contributed by atoms with Crippen molar-refractivity contribution in [3.8, 4) is 5.75 Å². The van der Waals surface area contributed by atoms with E-state index < -0.39 is 27.7 Å². The van der Waals surface area contributed by atoms with E-state index in [0.717, 1.165) is 23.1 Å². The van der Waals surface area contributed by atoms with E-state index in [1.54, 1.807) is 11.0 Å². The van der Waals surface area contributed by atoms with Crippen molar-refractivity contribution in [2.45, 2.75) is 81.6 Å². The van der Waals surface area contributed by atoms with Crippen LogP contribution in [-0.2, 0) is 31.0 Å². The van der Waals surface area contributed by atoms with Crippen molar-refractivity contribution in [2.24, 2.45) is 5.73 Å². The van der Waals surface area contributed by atoms with E-state index >= 15 is 0 Å². The van der Waals surface area contributed by atoms with Gasteiger partial charge in [0.05, 0.1) is 26.2 Å².